The molecule has 3 heteroatoms. The highest BCUT2D eigenvalue weighted by Crippen LogP contribution is 2.41. The van der Waals surface area contributed by atoms with Gasteiger partial charge >= 0.3 is 0 Å². The molecule has 2 atom stereocenters. The molecule has 1 aromatic rings. The van der Waals surface area contributed by atoms with Crippen LogP contribution in [0, 0.1) is 6.92 Å². The first-order valence-corrected chi connectivity index (χ1v) is 7.06. The van der Waals surface area contributed by atoms with Gasteiger partial charge in [0.25, 0.3) is 0 Å². The van der Waals surface area contributed by atoms with Crippen LogP contribution in [0.4, 0.5) is 0 Å². The van der Waals surface area contributed by atoms with Crippen molar-refractivity contribution in [2.24, 2.45) is 0 Å². The summed E-state index contributed by atoms with van der Waals surface area (Å²) in [6.07, 6.45) is 3.31. The van der Waals surface area contributed by atoms with Crippen LogP contribution in [-0.2, 0) is 4.74 Å². The number of rotatable bonds is 1. The minimum atomic E-state index is -0.335. The highest BCUT2D eigenvalue weighted by atomic mass is 16.5. The van der Waals surface area contributed by atoms with E-state index in [2.05, 4.69) is 6.92 Å². The predicted octanol–water partition coefficient (Wildman–Crippen LogP) is 3.29. The molecule has 2 unspecified atom stereocenters. The van der Waals surface area contributed by atoms with Crippen molar-refractivity contribution in [3.63, 3.8) is 0 Å². The van der Waals surface area contributed by atoms with E-state index >= 15 is 0 Å². The van der Waals surface area contributed by atoms with Crippen LogP contribution in [-0.4, -0.2) is 24.1 Å². The molecule has 2 aliphatic heterocycles. The number of carbonyl (C=O) groups is 1. The van der Waals surface area contributed by atoms with Crippen LogP contribution < -0.4 is 4.74 Å². The second kappa shape index (κ2) is 4.64. The maximum atomic E-state index is 12.4. The first-order chi connectivity index (χ1) is 9.12. The molecule has 19 heavy (non-hydrogen) atoms. The second-order valence-corrected chi connectivity index (χ2v) is 5.74. The molecule has 0 aromatic heterocycles. The second-order valence-electron chi connectivity index (χ2n) is 5.74. The molecule has 1 saturated heterocycles. The lowest BCUT2D eigenvalue weighted by molar-refractivity contribution is -0.0922. The molecule has 1 aromatic carbocycles. The van der Waals surface area contributed by atoms with Crippen LogP contribution >= 0.6 is 0 Å². The summed E-state index contributed by atoms with van der Waals surface area (Å²) in [6.45, 7) is 4.80. The quantitative estimate of drug-likeness (QED) is 0.777. The molecule has 0 aliphatic carbocycles. The van der Waals surface area contributed by atoms with E-state index in [-0.39, 0.29) is 17.5 Å². The zero-order chi connectivity index (χ0) is 13.5. The molecule has 0 radical (unpaired) electrons. The van der Waals surface area contributed by atoms with Crippen molar-refractivity contribution in [3.8, 4) is 5.75 Å². The van der Waals surface area contributed by atoms with Crippen LogP contribution in [0.2, 0.25) is 0 Å². The van der Waals surface area contributed by atoms with Crippen LogP contribution in [0.5, 0.6) is 5.75 Å². The van der Waals surface area contributed by atoms with E-state index in [4.69, 9.17) is 9.47 Å². The molecule has 0 N–H and O–H groups in total. The van der Waals surface area contributed by atoms with Crippen molar-refractivity contribution in [1.29, 1.82) is 0 Å². The summed E-state index contributed by atoms with van der Waals surface area (Å²) in [6, 6.07) is 5.86. The Labute approximate surface area is 113 Å². The number of fused-ring (bicyclic) bond motifs is 1. The Balaban J connectivity index is 1.92. The number of hydrogen-bond acceptors (Lipinski definition) is 3. The number of aryl methyl sites for hydroxylation is 1. The van der Waals surface area contributed by atoms with E-state index in [1.807, 2.05) is 25.1 Å². The van der Waals surface area contributed by atoms with Gasteiger partial charge in [0.05, 0.1) is 24.7 Å². The lowest BCUT2D eigenvalue weighted by Crippen LogP contribution is -2.49. The smallest absolute Gasteiger partial charge is 0.170 e. The average Bonchev–Trinajstić information content (AvgIpc) is 2.40. The minimum absolute atomic E-state index is 0.210. The predicted molar refractivity (Wildman–Crippen MR) is 72.8 cm³/mol. The Kier molecular flexibility index (Phi) is 3.09. The lowest BCUT2D eigenvalue weighted by atomic mass is 9.81. The Morgan fingerprint density at radius 1 is 1.42 bits per heavy atom. The summed E-state index contributed by atoms with van der Waals surface area (Å²) >= 11 is 0. The normalized spacial score (nSPS) is 30.0. The van der Waals surface area contributed by atoms with Gasteiger partial charge in [-0.25, -0.2) is 0 Å². The van der Waals surface area contributed by atoms with Crippen molar-refractivity contribution < 1.29 is 14.3 Å². The van der Waals surface area contributed by atoms with Crippen LogP contribution in [0.3, 0.4) is 0 Å². The molecule has 102 valence electrons. The largest absolute Gasteiger partial charge is 0.486 e. The van der Waals surface area contributed by atoms with E-state index in [0.717, 1.165) is 36.1 Å². The maximum absolute atomic E-state index is 12.4. The van der Waals surface area contributed by atoms with E-state index in [1.165, 1.54) is 0 Å². The van der Waals surface area contributed by atoms with Gasteiger partial charge < -0.3 is 9.47 Å². The van der Waals surface area contributed by atoms with Gasteiger partial charge in [-0.05, 0) is 25.5 Å². The summed E-state index contributed by atoms with van der Waals surface area (Å²) in [5.41, 5.74) is 1.51. The van der Waals surface area contributed by atoms with Crippen molar-refractivity contribution in [1.82, 2.24) is 0 Å². The Morgan fingerprint density at radius 2 is 2.26 bits per heavy atom. The summed E-state index contributed by atoms with van der Waals surface area (Å²) < 4.78 is 11.9. The van der Waals surface area contributed by atoms with Crippen molar-refractivity contribution in [2.45, 2.75) is 51.2 Å². The van der Waals surface area contributed by atoms with Crippen molar-refractivity contribution in [2.75, 3.05) is 6.61 Å². The molecular formula is C16H20O3. The molecule has 3 nitrogen and oxygen atoms in total. The Hall–Kier alpha value is -1.35. The third-order valence-electron chi connectivity index (χ3n) is 4.21. The summed E-state index contributed by atoms with van der Waals surface area (Å²) in [5.74, 6) is 0.959. The minimum Gasteiger partial charge on any atom is -0.486 e. The number of ketones is 1. The van der Waals surface area contributed by atoms with Gasteiger partial charge in [-0.1, -0.05) is 18.6 Å². The molecule has 0 saturated carbocycles. The number of carbonyl (C=O) groups excluding carboxylic acids is 1. The average molecular weight is 260 g/mol. The van der Waals surface area contributed by atoms with Crippen LogP contribution in [0.25, 0.3) is 0 Å². The first kappa shape index (κ1) is 12.7. The SMILES string of the molecule is CCC1CC2(CCO1)CC(=O)c1cc(C)ccc1O2. The molecule has 2 heterocycles. The molecule has 2 aliphatic rings. The molecule has 1 fully saturated rings. The molecular weight excluding hydrogens is 240 g/mol. The number of benzene rings is 1. The summed E-state index contributed by atoms with van der Waals surface area (Å²) in [7, 11) is 0. The van der Waals surface area contributed by atoms with Crippen LogP contribution in [0.1, 0.15) is 48.5 Å². The highest BCUT2D eigenvalue weighted by molar-refractivity contribution is 6.00. The van der Waals surface area contributed by atoms with E-state index < -0.39 is 0 Å². The molecule has 0 bridgehead atoms. The van der Waals surface area contributed by atoms with Crippen molar-refractivity contribution in [3.05, 3.63) is 29.3 Å². The summed E-state index contributed by atoms with van der Waals surface area (Å²) in [4.78, 5) is 12.4. The molecule has 1 spiro atoms. The van der Waals surface area contributed by atoms with E-state index in [1.54, 1.807) is 0 Å². The fourth-order valence-electron chi connectivity index (χ4n) is 3.11. The van der Waals surface area contributed by atoms with Crippen molar-refractivity contribution >= 4 is 5.78 Å². The zero-order valence-corrected chi connectivity index (χ0v) is 11.6. The van der Waals surface area contributed by atoms with Gasteiger partial charge in [0.1, 0.15) is 11.4 Å². The third kappa shape index (κ3) is 2.27. The van der Waals surface area contributed by atoms with Gasteiger partial charge in [0.15, 0.2) is 5.78 Å². The summed E-state index contributed by atoms with van der Waals surface area (Å²) in [5, 5.41) is 0. The first-order valence-electron chi connectivity index (χ1n) is 7.06. The monoisotopic (exact) mass is 260 g/mol. The molecule has 3 rings (SSSR count). The highest BCUT2D eigenvalue weighted by Gasteiger charge is 2.44. The number of Topliss-reactive ketones (excluding diaryl/α,β-unsaturated/α-hetero) is 1. The number of ether oxygens (including phenoxy) is 2. The van der Waals surface area contributed by atoms with Crippen LogP contribution in [0.15, 0.2) is 18.2 Å². The van der Waals surface area contributed by atoms with E-state index in [9.17, 15) is 4.79 Å². The Bertz CT molecular complexity index is 509. The van der Waals surface area contributed by atoms with Gasteiger partial charge in [-0.15, -0.1) is 0 Å². The fraction of sp³-hybridized carbons (Fsp3) is 0.562. The van der Waals surface area contributed by atoms with Gasteiger partial charge in [0, 0.05) is 12.8 Å². The third-order valence-corrected chi connectivity index (χ3v) is 4.21. The maximum Gasteiger partial charge on any atom is 0.170 e. The Morgan fingerprint density at radius 3 is 3.05 bits per heavy atom. The standard InChI is InChI=1S/C16H20O3/c1-3-12-9-16(6-7-18-12)10-14(17)13-8-11(2)4-5-15(13)19-16/h4-5,8,12H,3,6-7,9-10H2,1-2H3. The zero-order valence-electron chi connectivity index (χ0n) is 11.6. The van der Waals surface area contributed by atoms with E-state index in [0.29, 0.717) is 13.0 Å². The number of hydrogen-bond donors (Lipinski definition) is 0. The van der Waals surface area contributed by atoms with Gasteiger partial charge in [-0.3, -0.25) is 4.79 Å². The lowest BCUT2D eigenvalue weighted by Gasteiger charge is -2.43. The fourth-order valence-corrected chi connectivity index (χ4v) is 3.11. The van der Waals surface area contributed by atoms with Gasteiger partial charge in [0.2, 0.25) is 0 Å². The topological polar surface area (TPSA) is 35.5 Å². The molecule has 0 amide bonds. The van der Waals surface area contributed by atoms with Gasteiger partial charge in [-0.2, -0.15) is 0 Å².